The van der Waals surface area contributed by atoms with Crippen molar-refractivity contribution in [3.63, 3.8) is 0 Å². The van der Waals surface area contributed by atoms with Gasteiger partial charge < -0.3 is 5.32 Å². The van der Waals surface area contributed by atoms with Crippen LogP contribution in [-0.2, 0) is 13.0 Å². The molecular weight excluding hydrogens is 307 g/mol. The SMILES string of the molecule is CCc1nc(-c2ccc(Cl)cc2F)sc1CNC(C)(C)C. The molecule has 2 rings (SSSR count). The zero-order valence-corrected chi connectivity index (χ0v) is 14.3. The number of benzene rings is 1. The Balaban J connectivity index is 2.31. The van der Waals surface area contributed by atoms with Crippen molar-refractivity contribution < 1.29 is 4.39 Å². The van der Waals surface area contributed by atoms with Crippen LogP contribution in [0.3, 0.4) is 0 Å². The van der Waals surface area contributed by atoms with E-state index in [-0.39, 0.29) is 11.4 Å². The number of nitrogens with zero attached hydrogens (tertiary/aromatic N) is 1. The van der Waals surface area contributed by atoms with Crippen molar-refractivity contribution in [2.75, 3.05) is 0 Å². The van der Waals surface area contributed by atoms with E-state index in [0.717, 1.165) is 23.5 Å². The lowest BCUT2D eigenvalue weighted by Crippen LogP contribution is -2.35. The third-order valence-corrected chi connectivity index (χ3v) is 4.42. The molecular formula is C16H20ClFN2S. The first-order chi connectivity index (χ1) is 9.80. The fraction of sp³-hybridized carbons (Fsp3) is 0.438. The Morgan fingerprint density at radius 2 is 2.05 bits per heavy atom. The monoisotopic (exact) mass is 326 g/mol. The van der Waals surface area contributed by atoms with Gasteiger partial charge in [-0.05, 0) is 45.4 Å². The average molecular weight is 327 g/mol. The van der Waals surface area contributed by atoms with Crippen LogP contribution in [0, 0.1) is 5.82 Å². The summed E-state index contributed by atoms with van der Waals surface area (Å²) >= 11 is 7.34. The lowest BCUT2D eigenvalue weighted by atomic mass is 10.1. The van der Waals surface area contributed by atoms with Gasteiger partial charge in [-0.1, -0.05) is 18.5 Å². The highest BCUT2D eigenvalue weighted by Crippen LogP contribution is 2.31. The Morgan fingerprint density at radius 1 is 1.33 bits per heavy atom. The summed E-state index contributed by atoms with van der Waals surface area (Å²) in [5.74, 6) is -0.325. The van der Waals surface area contributed by atoms with Gasteiger partial charge in [-0.2, -0.15) is 0 Å². The Hall–Kier alpha value is -0.970. The molecule has 21 heavy (non-hydrogen) atoms. The van der Waals surface area contributed by atoms with Gasteiger partial charge in [0.05, 0.1) is 5.69 Å². The second-order valence-electron chi connectivity index (χ2n) is 5.97. The number of nitrogens with one attached hydrogen (secondary N) is 1. The fourth-order valence-corrected chi connectivity index (χ4v) is 3.20. The van der Waals surface area contributed by atoms with E-state index in [4.69, 9.17) is 11.6 Å². The third-order valence-electron chi connectivity index (χ3n) is 3.05. The normalized spacial score (nSPS) is 11.9. The summed E-state index contributed by atoms with van der Waals surface area (Å²) in [7, 11) is 0. The molecule has 0 saturated carbocycles. The fourth-order valence-electron chi connectivity index (χ4n) is 1.92. The smallest absolute Gasteiger partial charge is 0.134 e. The van der Waals surface area contributed by atoms with Crippen LogP contribution in [0.4, 0.5) is 4.39 Å². The summed E-state index contributed by atoms with van der Waals surface area (Å²) in [6.07, 6.45) is 0.840. The van der Waals surface area contributed by atoms with Crippen LogP contribution in [0.5, 0.6) is 0 Å². The Kier molecular flexibility index (Phi) is 5.02. The molecule has 2 aromatic rings. The lowest BCUT2D eigenvalue weighted by Gasteiger charge is -2.20. The highest BCUT2D eigenvalue weighted by atomic mass is 35.5. The number of aryl methyl sites for hydroxylation is 1. The summed E-state index contributed by atoms with van der Waals surface area (Å²) < 4.78 is 14.0. The van der Waals surface area contributed by atoms with Crippen molar-refractivity contribution in [1.29, 1.82) is 0 Å². The van der Waals surface area contributed by atoms with Gasteiger partial charge >= 0.3 is 0 Å². The molecule has 0 atom stereocenters. The van der Waals surface area contributed by atoms with Crippen LogP contribution in [0.25, 0.3) is 10.6 Å². The minimum Gasteiger partial charge on any atom is -0.307 e. The van der Waals surface area contributed by atoms with Crippen molar-refractivity contribution in [3.8, 4) is 10.6 Å². The molecule has 0 unspecified atom stereocenters. The molecule has 0 radical (unpaired) electrons. The van der Waals surface area contributed by atoms with Crippen molar-refractivity contribution >= 4 is 22.9 Å². The zero-order valence-electron chi connectivity index (χ0n) is 12.8. The van der Waals surface area contributed by atoms with E-state index in [9.17, 15) is 4.39 Å². The number of thiazole rings is 1. The van der Waals surface area contributed by atoms with E-state index in [1.54, 1.807) is 23.5 Å². The quantitative estimate of drug-likeness (QED) is 0.850. The molecule has 0 aliphatic heterocycles. The highest BCUT2D eigenvalue weighted by Gasteiger charge is 2.16. The molecule has 0 spiro atoms. The standard InChI is InChI=1S/C16H20ClFN2S/c1-5-13-14(9-19-16(2,3)4)21-15(20-13)11-7-6-10(17)8-12(11)18/h6-8,19H,5,9H2,1-4H3. The number of hydrogen-bond donors (Lipinski definition) is 1. The molecule has 1 aromatic carbocycles. The summed E-state index contributed by atoms with van der Waals surface area (Å²) in [5, 5.41) is 4.57. The predicted octanol–water partition coefficient (Wildman–Crippen LogP) is 5.05. The molecule has 2 nitrogen and oxygen atoms in total. The minimum atomic E-state index is -0.325. The topological polar surface area (TPSA) is 24.9 Å². The molecule has 0 aliphatic rings. The number of halogens is 2. The van der Waals surface area contributed by atoms with Gasteiger partial charge in [0, 0.05) is 27.5 Å². The molecule has 0 saturated heterocycles. The zero-order chi connectivity index (χ0) is 15.6. The molecule has 0 bridgehead atoms. The predicted molar refractivity (Wildman–Crippen MR) is 88.5 cm³/mol. The first kappa shape index (κ1) is 16.4. The van der Waals surface area contributed by atoms with Gasteiger partial charge in [0.25, 0.3) is 0 Å². The lowest BCUT2D eigenvalue weighted by molar-refractivity contribution is 0.425. The third kappa shape index (κ3) is 4.25. The Morgan fingerprint density at radius 3 is 2.62 bits per heavy atom. The van der Waals surface area contributed by atoms with E-state index in [1.807, 2.05) is 0 Å². The van der Waals surface area contributed by atoms with Crippen molar-refractivity contribution in [1.82, 2.24) is 10.3 Å². The van der Waals surface area contributed by atoms with Crippen LogP contribution < -0.4 is 5.32 Å². The highest BCUT2D eigenvalue weighted by molar-refractivity contribution is 7.15. The summed E-state index contributed by atoms with van der Waals surface area (Å²) in [6.45, 7) is 9.19. The number of rotatable bonds is 4. The maximum atomic E-state index is 14.0. The van der Waals surface area contributed by atoms with Crippen molar-refractivity contribution in [2.24, 2.45) is 0 Å². The van der Waals surface area contributed by atoms with Gasteiger partial charge in [0.2, 0.25) is 0 Å². The van der Waals surface area contributed by atoms with E-state index in [0.29, 0.717) is 15.6 Å². The van der Waals surface area contributed by atoms with Gasteiger partial charge in [0.1, 0.15) is 10.8 Å². The molecule has 0 fully saturated rings. The van der Waals surface area contributed by atoms with E-state index in [1.165, 1.54) is 6.07 Å². The number of hydrogen-bond acceptors (Lipinski definition) is 3. The minimum absolute atomic E-state index is 0.0423. The molecule has 114 valence electrons. The number of aromatic nitrogens is 1. The molecule has 5 heteroatoms. The molecule has 0 amide bonds. The first-order valence-corrected chi connectivity index (χ1v) is 8.18. The largest absolute Gasteiger partial charge is 0.307 e. The van der Waals surface area contributed by atoms with Crippen LogP contribution in [-0.4, -0.2) is 10.5 Å². The van der Waals surface area contributed by atoms with Crippen LogP contribution in [0.1, 0.15) is 38.3 Å². The molecule has 1 N–H and O–H groups in total. The van der Waals surface area contributed by atoms with E-state index < -0.39 is 0 Å². The second-order valence-corrected chi connectivity index (χ2v) is 7.49. The second kappa shape index (κ2) is 6.42. The Bertz CT molecular complexity index is 632. The molecule has 0 aliphatic carbocycles. The molecule has 1 aromatic heterocycles. The van der Waals surface area contributed by atoms with Gasteiger partial charge in [-0.25, -0.2) is 9.37 Å². The van der Waals surface area contributed by atoms with Crippen LogP contribution in [0.15, 0.2) is 18.2 Å². The summed E-state index contributed by atoms with van der Waals surface area (Å²) in [6, 6.07) is 4.72. The maximum absolute atomic E-state index is 14.0. The molecule has 1 heterocycles. The van der Waals surface area contributed by atoms with Gasteiger partial charge in [0.15, 0.2) is 0 Å². The summed E-state index contributed by atoms with van der Waals surface area (Å²) in [5.41, 5.74) is 1.59. The van der Waals surface area contributed by atoms with E-state index >= 15 is 0 Å². The van der Waals surface area contributed by atoms with Gasteiger partial charge in [-0.3, -0.25) is 0 Å². The maximum Gasteiger partial charge on any atom is 0.134 e. The van der Waals surface area contributed by atoms with Crippen molar-refractivity contribution in [3.05, 3.63) is 39.6 Å². The van der Waals surface area contributed by atoms with Gasteiger partial charge in [-0.15, -0.1) is 11.3 Å². The van der Waals surface area contributed by atoms with Crippen LogP contribution in [0.2, 0.25) is 5.02 Å². The summed E-state index contributed by atoms with van der Waals surface area (Å²) in [4.78, 5) is 5.75. The first-order valence-electron chi connectivity index (χ1n) is 6.99. The van der Waals surface area contributed by atoms with Crippen LogP contribution >= 0.6 is 22.9 Å². The van der Waals surface area contributed by atoms with E-state index in [2.05, 4.69) is 38.0 Å². The average Bonchev–Trinajstić information content (AvgIpc) is 2.78. The van der Waals surface area contributed by atoms with Crippen molar-refractivity contribution in [2.45, 2.75) is 46.2 Å². The Labute approximate surface area is 134 Å².